The molecule has 2 N–H and O–H groups in total. The van der Waals surface area contributed by atoms with Gasteiger partial charge in [0.2, 0.25) is 0 Å². The van der Waals surface area contributed by atoms with Crippen LogP contribution in [0.2, 0.25) is 0 Å². The number of benzene rings is 1. The summed E-state index contributed by atoms with van der Waals surface area (Å²) in [5.41, 5.74) is 2.11. The summed E-state index contributed by atoms with van der Waals surface area (Å²) in [5, 5.41) is 3.94. The molecular weight excluding hydrogens is 292 g/mol. The van der Waals surface area contributed by atoms with Gasteiger partial charge in [0, 0.05) is 23.6 Å². The van der Waals surface area contributed by atoms with E-state index in [9.17, 15) is 9.59 Å². The minimum absolute atomic E-state index is 0.136. The fourth-order valence-electron chi connectivity index (χ4n) is 2.36. The van der Waals surface area contributed by atoms with Crippen LogP contribution in [0.5, 0.6) is 0 Å². The Morgan fingerprint density at radius 1 is 1.22 bits per heavy atom. The van der Waals surface area contributed by atoms with E-state index >= 15 is 0 Å². The molecule has 0 unspecified atom stereocenters. The summed E-state index contributed by atoms with van der Waals surface area (Å²) >= 11 is 0. The maximum absolute atomic E-state index is 11.7. The first-order valence-electron chi connectivity index (χ1n) is 7.82. The zero-order valence-corrected chi connectivity index (χ0v) is 13.9. The summed E-state index contributed by atoms with van der Waals surface area (Å²) in [6.45, 7) is 6.15. The maximum Gasteiger partial charge on any atom is 0.306 e. The number of aromatic nitrogens is 1. The highest BCUT2D eigenvalue weighted by atomic mass is 16.5. The Morgan fingerprint density at radius 2 is 1.96 bits per heavy atom. The van der Waals surface area contributed by atoms with Crippen LogP contribution in [0.3, 0.4) is 0 Å². The summed E-state index contributed by atoms with van der Waals surface area (Å²) in [4.78, 5) is 26.5. The van der Waals surface area contributed by atoms with Crippen LogP contribution in [0.15, 0.2) is 30.5 Å². The average Bonchev–Trinajstić information content (AvgIpc) is 2.87. The Balaban J connectivity index is 1.72. The standard InChI is InChI=1S/C18H24N2O3/c1-18(2,3)10-17(22)23-12-16(21)19-9-8-13-11-20-15-7-5-4-6-14(13)15/h4-7,11,20H,8-10,12H2,1-3H3,(H,19,21). The van der Waals surface area contributed by atoms with Crippen molar-refractivity contribution in [2.75, 3.05) is 13.2 Å². The van der Waals surface area contributed by atoms with Gasteiger partial charge < -0.3 is 15.0 Å². The van der Waals surface area contributed by atoms with Gasteiger partial charge in [0.05, 0.1) is 6.42 Å². The van der Waals surface area contributed by atoms with Gasteiger partial charge in [-0.1, -0.05) is 39.0 Å². The van der Waals surface area contributed by atoms with Gasteiger partial charge in [0.25, 0.3) is 5.91 Å². The largest absolute Gasteiger partial charge is 0.456 e. The number of carbonyl (C=O) groups is 2. The molecule has 2 aromatic rings. The number of aromatic amines is 1. The van der Waals surface area contributed by atoms with E-state index in [2.05, 4.69) is 16.4 Å². The molecule has 0 aliphatic heterocycles. The molecule has 1 aromatic heterocycles. The van der Waals surface area contributed by atoms with Gasteiger partial charge in [-0.05, 0) is 23.5 Å². The number of fused-ring (bicyclic) bond motifs is 1. The third kappa shape index (κ3) is 5.43. The van der Waals surface area contributed by atoms with E-state index in [-0.39, 0.29) is 23.9 Å². The van der Waals surface area contributed by atoms with Gasteiger partial charge in [-0.2, -0.15) is 0 Å². The van der Waals surface area contributed by atoms with E-state index in [1.165, 1.54) is 5.39 Å². The Kier molecular flexibility index (Phi) is 5.42. The number of esters is 1. The normalized spacial score (nSPS) is 11.4. The second kappa shape index (κ2) is 7.31. The van der Waals surface area contributed by atoms with Crippen LogP contribution in [0, 0.1) is 5.41 Å². The highest BCUT2D eigenvalue weighted by Gasteiger charge is 2.17. The summed E-state index contributed by atoms with van der Waals surface area (Å²) in [7, 11) is 0. The van der Waals surface area contributed by atoms with Crippen LogP contribution < -0.4 is 5.32 Å². The van der Waals surface area contributed by atoms with Crippen molar-refractivity contribution < 1.29 is 14.3 Å². The van der Waals surface area contributed by atoms with E-state index in [0.29, 0.717) is 13.0 Å². The van der Waals surface area contributed by atoms with E-state index in [1.54, 1.807) is 0 Å². The third-order valence-electron chi connectivity index (χ3n) is 3.43. The molecule has 124 valence electrons. The van der Waals surface area contributed by atoms with E-state index < -0.39 is 0 Å². The lowest BCUT2D eigenvalue weighted by atomic mass is 9.93. The minimum Gasteiger partial charge on any atom is -0.456 e. The van der Waals surface area contributed by atoms with E-state index in [1.807, 2.05) is 45.2 Å². The average molecular weight is 316 g/mol. The molecule has 5 heteroatoms. The van der Waals surface area contributed by atoms with Crippen LogP contribution in [-0.4, -0.2) is 30.0 Å². The van der Waals surface area contributed by atoms with E-state index in [0.717, 1.165) is 17.5 Å². The second-order valence-corrected chi connectivity index (χ2v) is 6.86. The molecule has 0 saturated heterocycles. The summed E-state index contributed by atoms with van der Waals surface area (Å²) < 4.78 is 4.98. The number of H-pyrrole nitrogens is 1. The minimum atomic E-state index is -0.343. The van der Waals surface area contributed by atoms with Crippen LogP contribution in [-0.2, 0) is 20.7 Å². The number of ether oxygens (including phenoxy) is 1. The molecule has 0 atom stereocenters. The zero-order chi connectivity index (χ0) is 16.9. The lowest BCUT2D eigenvalue weighted by molar-refractivity contribution is -0.150. The Hall–Kier alpha value is -2.30. The quantitative estimate of drug-likeness (QED) is 0.805. The predicted molar refractivity (Wildman–Crippen MR) is 90.0 cm³/mol. The van der Waals surface area contributed by atoms with Crippen LogP contribution >= 0.6 is 0 Å². The smallest absolute Gasteiger partial charge is 0.306 e. The van der Waals surface area contributed by atoms with Gasteiger partial charge in [-0.3, -0.25) is 9.59 Å². The number of carbonyl (C=O) groups excluding carboxylic acids is 2. The van der Waals surface area contributed by atoms with Crippen molar-refractivity contribution in [1.29, 1.82) is 0 Å². The van der Waals surface area contributed by atoms with Crippen molar-refractivity contribution in [3.63, 3.8) is 0 Å². The Morgan fingerprint density at radius 3 is 2.70 bits per heavy atom. The lowest BCUT2D eigenvalue weighted by Gasteiger charge is -2.16. The number of hydrogen-bond acceptors (Lipinski definition) is 3. The summed E-state index contributed by atoms with van der Waals surface area (Å²) in [6, 6.07) is 8.05. The molecule has 0 bridgehead atoms. The predicted octanol–water partition coefficient (Wildman–Crippen LogP) is 2.81. The first-order valence-corrected chi connectivity index (χ1v) is 7.82. The molecular formula is C18H24N2O3. The lowest BCUT2D eigenvalue weighted by Crippen LogP contribution is -2.31. The van der Waals surface area contributed by atoms with E-state index in [4.69, 9.17) is 4.74 Å². The summed E-state index contributed by atoms with van der Waals surface area (Å²) in [6.07, 6.45) is 2.99. The van der Waals surface area contributed by atoms with Crippen LogP contribution in [0.25, 0.3) is 10.9 Å². The molecule has 23 heavy (non-hydrogen) atoms. The van der Waals surface area contributed by atoms with Crippen molar-refractivity contribution in [3.05, 3.63) is 36.0 Å². The number of para-hydroxylation sites is 1. The second-order valence-electron chi connectivity index (χ2n) is 6.86. The fourth-order valence-corrected chi connectivity index (χ4v) is 2.36. The van der Waals surface area contributed by atoms with Crippen molar-refractivity contribution in [3.8, 4) is 0 Å². The SMILES string of the molecule is CC(C)(C)CC(=O)OCC(=O)NCCc1c[nH]c2ccccc12. The topological polar surface area (TPSA) is 71.2 Å². The fraction of sp³-hybridized carbons (Fsp3) is 0.444. The number of amides is 1. The van der Waals surface area contributed by atoms with Crippen LogP contribution in [0.1, 0.15) is 32.8 Å². The molecule has 5 nitrogen and oxygen atoms in total. The van der Waals surface area contributed by atoms with Gasteiger partial charge >= 0.3 is 5.97 Å². The van der Waals surface area contributed by atoms with Gasteiger partial charge in [-0.15, -0.1) is 0 Å². The van der Waals surface area contributed by atoms with Gasteiger partial charge in [0.15, 0.2) is 6.61 Å². The molecule has 0 aliphatic rings. The number of hydrogen-bond donors (Lipinski definition) is 2. The molecule has 0 fully saturated rings. The maximum atomic E-state index is 11.7. The van der Waals surface area contributed by atoms with Crippen LogP contribution in [0.4, 0.5) is 0 Å². The van der Waals surface area contributed by atoms with Crippen molar-refractivity contribution in [2.45, 2.75) is 33.6 Å². The molecule has 1 amide bonds. The first kappa shape index (κ1) is 17.1. The van der Waals surface area contributed by atoms with Crippen molar-refractivity contribution in [2.24, 2.45) is 5.41 Å². The molecule has 2 rings (SSSR count). The Bertz CT molecular complexity index is 683. The molecule has 0 saturated carbocycles. The Labute approximate surface area is 136 Å². The third-order valence-corrected chi connectivity index (χ3v) is 3.43. The zero-order valence-electron chi connectivity index (χ0n) is 13.9. The molecule has 1 heterocycles. The highest BCUT2D eigenvalue weighted by Crippen LogP contribution is 2.19. The molecule has 0 spiro atoms. The summed E-state index contributed by atoms with van der Waals surface area (Å²) in [5.74, 6) is -0.614. The molecule has 0 radical (unpaired) electrons. The van der Waals surface area contributed by atoms with Gasteiger partial charge in [0.1, 0.15) is 0 Å². The van der Waals surface area contributed by atoms with Gasteiger partial charge in [-0.25, -0.2) is 0 Å². The molecule has 1 aromatic carbocycles. The van der Waals surface area contributed by atoms with Crippen molar-refractivity contribution >= 4 is 22.8 Å². The first-order chi connectivity index (χ1) is 10.8. The monoisotopic (exact) mass is 316 g/mol. The number of rotatable bonds is 6. The molecule has 0 aliphatic carbocycles. The highest BCUT2D eigenvalue weighted by molar-refractivity contribution is 5.83. The number of nitrogens with one attached hydrogen (secondary N) is 2. The van der Waals surface area contributed by atoms with Crippen molar-refractivity contribution in [1.82, 2.24) is 10.3 Å².